The molecule has 3 nitrogen and oxygen atoms in total. The van der Waals surface area contributed by atoms with Crippen molar-refractivity contribution in [1.82, 2.24) is 4.57 Å². The predicted octanol–water partition coefficient (Wildman–Crippen LogP) is 1.58. The first-order valence-electron chi connectivity index (χ1n) is 4.42. The lowest BCUT2D eigenvalue weighted by atomic mass is 10.2. The molecule has 0 unspecified atom stereocenters. The van der Waals surface area contributed by atoms with E-state index in [2.05, 4.69) is 13.8 Å². The minimum Gasteiger partial charge on any atom is -0.379 e. The fourth-order valence-corrected chi connectivity index (χ4v) is 1.55. The zero-order chi connectivity index (χ0) is 9.68. The van der Waals surface area contributed by atoms with Crippen LogP contribution < -0.4 is 4.87 Å². The van der Waals surface area contributed by atoms with E-state index in [1.54, 1.807) is 16.1 Å². The minimum absolute atomic E-state index is 0.0909. The monoisotopic (exact) mass is 201 g/mol. The smallest absolute Gasteiger partial charge is 0.307 e. The molecule has 1 aromatic rings. The Morgan fingerprint density at radius 2 is 2.38 bits per heavy atom. The zero-order valence-electron chi connectivity index (χ0n) is 8.03. The highest BCUT2D eigenvalue weighted by atomic mass is 32.1. The molecule has 0 N–H and O–H groups in total. The van der Waals surface area contributed by atoms with Gasteiger partial charge in [0.1, 0.15) is 0 Å². The summed E-state index contributed by atoms with van der Waals surface area (Å²) >= 11 is 1.22. The summed E-state index contributed by atoms with van der Waals surface area (Å²) in [5.74, 6) is 0.555. The van der Waals surface area contributed by atoms with Crippen LogP contribution in [-0.2, 0) is 11.3 Å². The van der Waals surface area contributed by atoms with Gasteiger partial charge in [-0.15, -0.1) is 0 Å². The number of thiazole rings is 1. The Bertz CT molecular complexity index is 290. The van der Waals surface area contributed by atoms with Gasteiger partial charge in [0, 0.05) is 24.7 Å². The molecule has 0 atom stereocenters. The molecule has 0 amide bonds. The molecule has 0 aliphatic heterocycles. The molecule has 4 heteroatoms. The van der Waals surface area contributed by atoms with E-state index >= 15 is 0 Å². The molecule has 0 bridgehead atoms. The van der Waals surface area contributed by atoms with Crippen LogP contribution in [-0.4, -0.2) is 17.8 Å². The third-order valence-electron chi connectivity index (χ3n) is 1.57. The summed E-state index contributed by atoms with van der Waals surface area (Å²) < 4.78 is 7.04. The van der Waals surface area contributed by atoms with E-state index in [0.29, 0.717) is 19.1 Å². The second kappa shape index (κ2) is 5.19. The highest BCUT2D eigenvalue weighted by Gasteiger charge is 1.97. The van der Waals surface area contributed by atoms with Crippen molar-refractivity contribution >= 4 is 11.3 Å². The highest BCUT2D eigenvalue weighted by Crippen LogP contribution is 1.93. The molecular weight excluding hydrogens is 186 g/mol. The van der Waals surface area contributed by atoms with Crippen molar-refractivity contribution in [2.45, 2.75) is 20.4 Å². The van der Waals surface area contributed by atoms with Crippen molar-refractivity contribution < 1.29 is 4.74 Å². The number of nitrogens with zero attached hydrogens (tertiary/aromatic N) is 1. The maximum atomic E-state index is 11.1. The fraction of sp³-hybridized carbons (Fsp3) is 0.667. The highest BCUT2D eigenvalue weighted by molar-refractivity contribution is 7.07. The first kappa shape index (κ1) is 10.5. The molecule has 1 heterocycles. The molecule has 1 aromatic heterocycles. The van der Waals surface area contributed by atoms with Gasteiger partial charge < -0.3 is 9.30 Å². The summed E-state index contributed by atoms with van der Waals surface area (Å²) in [6, 6.07) is 0. The van der Waals surface area contributed by atoms with Crippen molar-refractivity contribution in [3.8, 4) is 0 Å². The standard InChI is InChI=1S/C9H15NO2S/c1-8(2)7-12-5-3-10-4-6-13-9(10)11/h4,6,8H,3,5,7H2,1-2H3. The Hall–Kier alpha value is -0.610. The quantitative estimate of drug-likeness (QED) is 0.677. The molecule has 0 aliphatic rings. The molecular formula is C9H15NO2S. The molecule has 74 valence electrons. The van der Waals surface area contributed by atoms with Crippen LogP contribution in [0, 0.1) is 5.92 Å². The van der Waals surface area contributed by atoms with Gasteiger partial charge in [-0.1, -0.05) is 25.2 Å². The van der Waals surface area contributed by atoms with E-state index in [-0.39, 0.29) is 4.87 Å². The molecule has 0 fully saturated rings. The maximum Gasteiger partial charge on any atom is 0.307 e. The Balaban J connectivity index is 2.21. The van der Waals surface area contributed by atoms with Gasteiger partial charge in [0.15, 0.2) is 0 Å². The van der Waals surface area contributed by atoms with Gasteiger partial charge in [0.2, 0.25) is 0 Å². The van der Waals surface area contributed by atoms with E-state index < -0.39 is 0 Å². The van der Waals surface area contributed by atoms with E-state index in [0.717, 1.165) is 6.61 Å². The maximum absolute atomic E-state index is 11.1. The summed E-state index contributed by atoms with van der Waals surface area (Å²) in [7, 11) is 0. The van der Waals surface area contributed by atoms with Gasteiger partial charge in [0.05, 0.1) is 6.61 Å². The topological polar surface area (TPSA) is 31.2 Å². The van der Waals surface area contributed by atoms with Crippen LogP contribution in [0.15, 0.2) is 16.4 Å². The Morgan fingerprint density at radius 1 is 1.62 bits per heavy atom. The molecule has 0 aromatic carbocycles. The normalized spacial score (nSPS) is 11.0. The lowest BCUT2D eigenvalue weighted by Crippen LogP contribution is -2.16. The first-order valence-corrected chi connectivity index (χ1v) is 5.30. The summed E-state index contributed by atoms with van der Waals surface area (Å²) in [6.45, 7) is 6.26. The summed E-state index contributed by atoms with van der Waals surface area (Å²) in [6.07, 6.45) is 1.80. The van der Waals surface area contributed by atoms with Crippen LogP contribution in [0.5, 0.6) is 0 Å². The van der Waals surface area contributed by atoms with E-state index in [1.807, 2.05) is 0 Å². The summed E-state index contributed by atoms with van der Waals surface area (Å²) in [5.41, 5.74) is 0. The zero-order valence-corrected chi connectivity index (χ0v) is 8.84. The lowest BCUT2D eigenvalue weighted by Gasteiger charge is -2.06. The Kier molecular flexibility index (Phi) is 4.18. The number of rotatable bonds is 5. The average molecular weight is 201 g/mol. The largest absolute Gasteiger partial charge is 0.379 e. The number of ether oxygens (including phenoxy) is 1. The molecule has 0 saturated heterocycles. The minimum atomic E-state index is 0.0909. The number of hydrogen-bond acceptors (Lipinski definition) is 3. The van der Waals surface area contributed by atoms with Gasteiger partial charge >= 0.3 is 4.87 Å². The van der Waals surface area contributed by atoms with Gasteiger partial charge in [-0.2, -0.15) is 0 Å². The van der Waals surface area contributed by atoms with Crippen LogP contribution in [0.4, 0.5) is 0 Å². The molecule has 0 aliphatic carbocycles. The summed E-state index contributed by atoms with van der Waals surface area (Å²) in [5, 5.41) is 1.80. The molecule has 13 heavy (non-hydrogen) atoms. The average Bonchev–Trinajstić information content (AvgIpc) is 2.45. The second-order valence-corrected chi connectivity index (χ2v) is 4.19. The van der Waals surface area contributed by atoms with Crippen LogP contribution >= 0.6 is 11.3 Å². The second-order valence-electron chi connectivity index (χ2n) is 3.33. The van der Waals surface area contributed by atoms with E-state index in [1.165, 1.54) is 11.3 Å². The van der Waals surface area contributed by atoms with Gasteiger partial charge in [-0.05, 0) is 5.92 Å². The molecule has 0 spiro atoms. The first-order chi connectivity index (χ1) is 6.20. The third kappa shape index (κ3) is 3.74. The Morgan fingerprint density at radius 3 is 2.92 bits per heavy atom. The van der Waals surface area contributed by atoms with Crippen LogP contribution in [0.25, 0.3) is 0 Å². The van der Waals surface area contributed by atoms with E-state index in [4.69, 9.17) is 4.74 Å². The van der Waals surface area contributed by atoms with Crippen LogP contribution in [0.1, 0.15) is 13.8 Å². The van der Waals surface area contributed by atoms with Crippen LogP contribution in [0.3, 0.4) is 0 Å². The van der Waals surface area contributed by atoms with Crippen molar-refractivity contribution in [3.63, 3.8) is 0 Å². The van der Waals surface area contributed by atoms with Gasteiger partial charge in [-0.25, -0.2) is 0 Å². The SMILES string of the molecule is CC(C)COCCn1ccsc1=O. The molecule has 1 rings (SSSR count). The van der Waals surface area contributed by atoms with Crippen molar-refractivity contribution in [2.75, 3.05) is 13.2 Å². The van der Waals surface area contributed by atoms with Crippen molar-refractivity contribution in [3.05, 3.63) is 21.2 Å². The Labute approximate surface area is 82.0 Å². The molecule has 0 radical (unpaired) electrons. The molecule has 0 saturated carbocycles. The predicted molar refractivity (Wildman–Crippen MR) is 54.2 cm³/mol. The van der Waals surface area contributed by atoms with Crippen LogP contribution in [0.2, 0.25) is 0 Å². The van der Waals surface area contributed by atoms with Crippen molar-refractivity contribution in [2.24, 2.45) is 5.92 Å². The summed E-state index contributed by atoms with van der Waals surface area (Å²) in [4.78, 5) is 11.2. The lowest BCUT2D eigenvalue weighted by molar-refractivity contribution is 0.103. The number of hydrogen-bond donors (Lipinski definition) is 0. The van der Waals surface area contributed by atoms with E-state index in [9.17, 15) is 4.79 Å². The fourth-order valence-electron chi connectivity index (χ4n) is 0.938. The number of aromatic nitrogens is 1. The van der Waals surface area contributed by atoms with Gasteiger partial charge in [0.25, 0.3) is 0 Å². The third-order valence-corrected chi connectivity index (χ3v) is 2.27. The van der Waals surface area contributed by atoms with Gasteiger partial charge in [-0.3, -0.25) is 4.79 Å². The van der Waals surface area contributed by atoms with Crippen molar-refractivity contribution in [1.29, 1.82) is 0 Å².